The van der Waals surface area contributed by atoms with E-state index in [-0.39, 0.29) is 12.4 Å². The summed E-state index contributed by atoms with van der Waals surface area (Å²) in [7, 11) is 1.46. The van der Waals surface area contributed by atoms with Gasteiger partial charge < -0.3 is 28.8 Å². The first-order valence-electron chi connectivity index (χ1n) is 7.25. The molecule has 2 fully saturated rings. The SMILES string of the molecule is CCOC(=O)CCC1O[C@@H](OC)C(O)C2OC(C)(C)O[C@@H]12. The molecule has 3 unspecified atom stereocenters. The Labute approximate surface area is 124 Å². The first kappa shape index (κ1) is 16.6. The number of hydrogen-bond donors (Lipinski definition) is 1. The Morgan fingerprint density at radius 2 is 1.95 bits per heavy atom. The van der Waals surface area contributed by atoms with Crippen LogP contribution in [-0.4, -0.2) is 61.3 Å². The van der Waals surface area contributed by atoms with E-state index in [4.69, 9.17) is 23.7 Å². The average molecular weight is 304 g/mol. The molecule has 0 bridgehead atoms. The van der Waals surface area contributed by atoms with Gasteiger partial charge in [-0.1, -0.05) is 0 Å². The molecule has 0 aromatic heterocycles. The number of carbonyl (C=O) groups excluding carboxylic acids is 1. The van der Waals surface area contributed by atoms with E-state index < -0.39 is 36.5 Å². The number of fused-ring (bicyclic) bond motifs is 1. The lowest BCUT2D eigenvalue weighted by atomic mass is 9.96. The van der Waals surface area contributed by atoms with E-state index in [2.05, 4.69) is 0 Å². The lowest BCUT2D eigenvalue weighted by Gasteiger charge is -2.39. The van der Waals surface area contributed by atoms with E-state index in [1.54, 1.807) is 20.8 Å². The zero-order valence-electron chi connectivity index (χ0n) is 12.9. The second kappa shape index (κ2) is 6.58. The third-order valence-electron chi connectivity index (χ3n) is 3.63. The van der Waals surface area contributed by atoms with Crippen molar-refractivity contribution in [1.29, 1.82) is 0 Å². The van der Waals surface area contributed by atoms with Gasteiger partial charge in [0, 0.05) is 13.5 Å². The number of rotatable bonds is 5. The molecular formula is C14H24O7. The zero-order valence-corrected chi connectivity index (χ0v) is 12.9. The first-order chi connectivity index (χ1) is 9.88. The summed E-state index contributed by atoms with van der Waals surface area (Å²) < 4.78 is 27.3. The summed E-state index contributed by atoms with van der Waals surface area (Å²) >= 11 is 0. The van der Waals surface area contributed by atoms with Gasteiger partial charge in [-0.05, 0) is 27.2 Å². The fourth-order valence-corrected chi connectivity index (χ4v) is 2.77. The van der Waals surface area contributed by atoms with Gasteiger partial charge in [0.05, 0.1) is 12.7 Å². The number of methoxy groups -OCH3 is 1. The van der Waals surface area contributed by atoms with Gasteiger partial charge in [-0.25, -0.2) is 0 Å². The summed E-state index contributed by atoms with van der Waals surface area (Å²) in [5.74, 6) is -1.08. The summed E-state index contributed by atoms with van der Waals surface area (Å²) in [6.45, 7) is 5.67. The molecule has 7 heteroatoms. The molecule has 7 nitrogen and oxygen atoms in total. The third kappa shape index (κ3) is 3.73. The lowest BCUT2D eigenvalue weighted by molar-refractivity contribution is -0.270. The maximum absolute atomic E-state index is 11.5. The molecule has 0 amide bonds. The molecule has 0 saturated carbocycles. The van der Waals surface area contributed by atoms with E-state index in [0.29, 0.717) is 13.0 Å². The van der Waals surface area contributed by atoms with Crippen LogP contribution < -0.4 is 0 Å². The van der Waals surface area contributed by atoms with Gasteiger partial charge in [-0.3, -0.25) is 4.79 Å². The summed E-state index contributed by atoms with van der Waals surface area (Å²) in [5.41, 5.74) is 0. The van der Waals surface area contributed by atoms with Crippen molar-refractivity contribution < 1.29 is 33.6 Å². The van der Waals surface area contributed by atoms with Gasteiger partial charge in [0.1, 0.15) is 18.3 Å². The molecule has 2 aliphatic rings. The molecular weight excluding hydrogens is 280 g/mol. The molecule has 0 radical (unpaired) electrons. The number of ether oxygens (including phenoxy) is 5. The molecule has 1 N–H and O–H groups in total. The molecule has 2 aliphatic heterocycles. The van der Waals surface area contributed by atoms with Gasteiger partial charge in [0.15, 0.2) is 12.1 Å². The van der Waals surface area contributed by atoms with Crippen LogP contribution in [0.3, 0.4) is 0 Å². The second-order valence-corrected chi connectivity index (χ2v) is 5.68. The first-order valence-corrected chi connectivity index (χ1v) is 7.25. The van der Waals surface area contributed by atoms with Crippen molar-refractivity contribution in [3.63, 3.8) is 0 Å². The van der Waals surface area contributed by atoms with Crippen LogP contribution in [0.4, 0.5) is 0 Å². The normalized spacial score (nSPS) is 38.0. The molecule has 0 aliphatic carbocycles. The van der Waals surface area contributed by atoms with Gasteiger partial charge in [0.25, 0.3) is 0 Å². The predicted octanol–water partition coefficient (Wildman–Crippen LogP) is 0.582. The standard InChI is InChI=1S/C14H24O7/c1-5-18-9(15)7-6-8-11-12(21-14(2,3)20-11)10(16)13(17-4)19-8/h8,10-13,16H,5-7H2,1-4H3/t8?,10?,11-,12?,13+/m0/s1. The van der Waals surface area contributed by atoms with E-state index in [1.165, 1.54) is 7.11 Å². The fourth-order valence-electron chi connectivity index (χ4n) is 2.77. The van der Waals surface area contributed by atoms with Crippen LogP contribution >= 0.6 is 0 Å². The highest BCUT2D eigenvalue weighted by molar-refractivity contribution is 5.69. The van der Waals surface area contributed by atoms with E-state index in [0.717, 1.165) is 0 Å². The van der Waals surface area contributed by atoms with Crippen LogP contribution in [0, 0.1) is 0 Å². The molecule has 21 heavy (non-hydrogen) atoms. The Morgan fingerprint density at radius 1 is 1.29 bits per heavy atom. The smallest absolute Gasteiger partial charge is 0.305 e. The quantitative estimate of drug-likeness (QED) is 0.744. The third-order valence-corrected chi connectivity index (χ3v) is 3.63. The molecule has 0 aromatic rings. The summed E-state index contributed by atoms with van der Waals surface area (Å²) in [5, 5.41) is 10.2. The Hall–Kier alpha value is -0.730. The van der Waals surface area contributed by atoms with Crippen molar-refractivity contribution in [3.05, 3.63) is 0 Å². The van der Waals surface area contributed by atoms with Crippen molar-refractivity contribution in [1.82, 2.24) is 0 Å². The topological polar surface area (TPSA) is 83.5 Å². The highest BCUT2D eigenvalue weighted by Crippen LogP contribution is 2.38. The van der Waals surface area contributed by atoms with E-state index >= 15 is 0 Å². The highest BCUT2D eigenvalue weighted by atomic mass is 16.8. The maximum atomic E-state index is 11.5. The van der Waals surface area contributed by atoms with Crippen LogP contribution in [-0.2, 0) is 28.5 Å². The summed E-state index contributed by atoms with van der Waals surface area (Å²) in [6.07, 6.45) is -2.45. The number of carbonyl (C=O) groups is 1. The van der Waals surface area contributed by atoms with Crippen molar-refractivity contribution in [2.24, 2.45) is 0 Å². The molecule has 2 heterocycles. The predicted molar refractivity (Wildman–Crippen MR) is 71.4 cm³/mol. The average Bonchev–Trinajstić information content (AvgIpc) is 2.74. The zero-order chi connectivity index (χ0) is 15.6. The van der Waals surface area contributed by atoms with Crippen LogP contribution in [0.1, 0.15) is 33.6 Å². The Balaban J connectivity index is 2.03. The van der Waals surface area contributed by atoms with Crippen LogP contribution in [0.15, 0.2) is 0 Å². The summed E-state index contributed by atoms with van der Waals surface area (Å²) in [4.78, 5) is 11.5. The second-order valence-electron chi connectivity index (χ2n) is 5.68. The van der Waals surface area contributed by atoms with Gasteiger partial charge in [-0.2, -0.15) is 0 Å². The Morgan fingerprint density at radius 3 is 2.57 bits per heavy atom. The van der Waals surface area contributed by atoms with Crippen LogP contribution in [0.2, 0.25) is 0 Å². The van der Waals surface area contributed by atoms with Crippen molar-refractivity contribution in [3.8, 4) is 0 Å². The number of aliphatic hydroxyl groups excluding tert-OH is 1. The van der Waals surface area contributed by atoms with E-state index in [1.807, 2.05) is 0 Å². The van der Waals surface area contributed by atoms with Crippen molar-refractivity contribution >= 4 is 5.97 Å². The number of hydrogen-bond acceptors (Lipinski definition) is 7. The molecule has 5 atom stereocenters. The minimum Gasteiger partial charge on any atom is -0.466 e. The number of esters is 1. The Bertz CT molecular complexity index is 370. The monoisotopic (exact) mass is 304 g/mol. The van der Waals surface area contributed by atoms with E-state index in [9.17, 15) is 9.90 Å². The fraction of sp³-hybridized carbons (Fsp3) is 0.929. The minimum atomic E-state index is -0.930. The van der Waals surface area contributed by atoms with Crippen molar-refractivity contribution in [2.45, 2.75) is 70.1 Å². The largest absolute Gasteiger partial charge is 0.466 e. The maximum Gasteiger partial charge on any atom is 0.305 e. The Kier molecular flexibility index (Phi) is 5.21. The molecule has 0 aromatic carbocycles. The van der Waals surface area contributed by atoms with Gasteiger partial charge >= 0.3 is 5.97 Å². The van der Waals surface area contributed by atoms with Crippen molar-refractivity contribution in [2.75, 3.05) is 13.7 Å². The minimum absolute atomic E-state index is 0.220. The number of aliphatic hydroxyl groups is 1. The van der Waals surface area contributed by atoms with Gasteiger partial charge in [-0.15, -0.1) is 0 Å². The molecule has 2 saturated heterocycles. The lowest BCUT2D eigenvalue weighted by Crippen LogP contribution is -2.56. The summed E-state index contributed by atoms with van der Waals surface area (Å²) in [6, 6.07) is 0. The van der Waals surface area contributed by atoms with Crippen LogP contribution in [0.5, 0.6) is 0 Å². The molecule has 122 valence electrons. The van der Waals surface area contributed by atoms with Gasteiger partial charge in [0.2, 0.25) is 0 Å². The molecule has 2 rings (SSSR count). The highest BCUT2D eigenvalue weighted by Gasteiger charge is 2.54. The molecule has 0 spiro atoms. The van der Waals surface area contributed by atoms with Crippen LogP contribution in [0.25, 0.3) is 0 Å².